The predicted octanol–water partition coefficient (Wildman–Crippen LogP) is 3.13. The highest BCUT2D eigenvalue weighted by molar-refractivity contribution is 7.99. The van der Waals surface area contributed by atoms with Crippen LogP contribution in [0, 0.1) is 11.3 Å². The Bertz CT molecular complexity index is 1070. The van der Waals surface area contributed by atoms with Crippen LogP contribution in [0.3, 0.4) is 0 Å². The average molecular weight is 428 g/mol. The highest BCUT2D eigenvalue weighted by Crippen LogP contribution is 2.24. The second-order valence-electron chi connectivity index (χ2n) is 6.55. The first-order valence-electron chi connectivity index (χ1n) is 9.14. The zero-order valence-electron chi connectivity index (χ0n) is 17.2. The molecule has 0 aromatic heterocycles. The van der Waals surface area contributed by atoms with E-state index < -0.39 is 15.8 Å². The molecule has 1 amide bonds. The molecule has 2 N–H and O–H groups in total. The van der Waals surface area contributed by atoms with Crippen molar-refractivity contribution >= 4 is 39.4 Å². The summed E-state index contributed by atoms with van der Waals surface area (Å²) in [5.74, 6) is 3.63. The lowest BCUT2D eigenvalue weighted by Gasteiger charge is -2.13. The molecule has 0 heterocycles. The Kier molecular flexibility index (Phi) is 7.83. The Balaban J connectivity index is 2.15. The number of hydrogen-bond acceptors (Lipinski definition) is 6. The van der Waals surface area contributed by atoms with Gasteiger partial charge in [0.05, 0.1) is 33.9 Å². The number of rotatable bonds is 8. The summed E-state index contributed by atoms with van der Waals surface area (Å²) in [4.78, 5) is 18.1. The van der Waals surface area contributed by atoms with Crippen LogP contribution in [0.25, 0.3) is 0 Å². The van der Waals surface area contributed by atoms with Crippen molar-refractivity contribution in [2.24, 2.45) is 4.99 Å². The van der Waals surface area contributed by atoms with E-state index >= 15 is 0 Å². The molecule has 0 fully saturated rings. The second kappa shape index (κ2) is 10.3. The lowest BCUT2D eigenvalue weighted by Crippen LogP contribution is -2.31. The highest BCUT2D eigenvalue weighted by atomic mass is 32.2. The number of anilines is 1. The van der Waals surface area contributed by atoms with Crippen LogP contribution < -0.4 is 10.0 Å². The fourth-order valence-corrected chi connectivity index (χ4v) is 3.53. The first-order chi connectivity index (χ1) is 14.2. The second-order valence-corrected chi connectivity index (χ2v) is 8.58. The minimum Gasteiger partial charge on any atom is -0.449 e. The van der Waals surface area contributed by atoms with E-state index in [0.29, 0.717) is 22.7 Å². The maximum Gasteiger partial charge on any atom is 0.418 e. The van der Waals surface area contributed by atoms with Gasteiger partial charge in [-0.3, -0.25) is 0 Å². The van der Waals surface area contributed by atoms with E-state index in [1.807, 2.05) is 20.2 Å². The molecule has 1 unspecified atom stereocenters. The quantitative estimate of drug-likeness (QED) is 0.381. The Hall–Kier alpha value is -3.51. The van der Waals surface area contributed by atoms with Crippen molar-refractivity contribution in [3.8, 4) is 6.07 Å². The first kappa shape index (κ1) is 22.8. The Morgan fingerprint density at radius 2 is 2.10 bits per heavy atom. The summed E-state index contributed by atoms with van der Waals surface area (Å²) in [7, 11) is 0.668. The van der Waals surface area contributed by atoms with E-state index in [4.69, 9.17) is 4.74 Å². The van der Waals surface area contributed by atoms with Crippen LogP contribution in [0.15, 0.2) is 52.4 Å². The molecule has 2 aromatic carbocycles. The molecule has 9 heteroatoms. The van der Waals surface area contributed by atoms with Crippen molar-refractivity contribution in [3.63, 3.8) is 0 Å². The number of ether oxygens (including phenoxy) is 1. The summed E-state index contributed by atoms with van der Waals surface area (Å²) in [5, 5.41) is 12.5. The maximum absolute atomic E-state index is 12.7. The molecule has 0 bridgehead atoms. The normalized spacial score (nSPS) is 12.6. The highest BCUT2D eigenvalue weighted by Gasteiger charge is 2.13. The third-order valence-electron chi connectivity index (χ3n) is 3.85. The van der Waals surface area contributed by atoms with Gasteiger partial charge in [0.15, 0.2) is 0 Å². The summed E-state index contributed by atoms with van der Waals surface area (Å²) < 4.78 is 19.8. The van der Waals surface area contributed by atoms with Gasteiger partial charge in [0.2, 0.25) is 0 Å². The smallest absolute Gasteiger partial charge is 0.418 e. The summed E-state index contributed by atoms with van der Waals surface area (Å²) in [6.07, 6.45) is 0.856. The molecule has 0 radical (unpaired) electrons. The van der Waals surface area contributed by atoms with E-state index in [0.717, 1.165) is 11.3 Å². The van der Waals surface area contributed by atoms with Crippen LogP contribution in [0.2, 0.25) is 0 Å². The topological polar surface area (TPSA) is 107 Å². The van der Waals surface area contributed by atoms with Crippen molar-refractivity contribution in [3.05, 3.63) is 53.6 Å². The summed E-state index contributed by atoms with van der Waals surface area (Å²) in [6, 6.07) is 14.4. The van der Waals surface area contributed by atoms with Gasteiger partial charge < -0.3 is 15.0 Å². The molecule has 2 rings (SSSR count). The number of aliphatic imine (C=N–C) groups is 1. The minimum absolute atomic E-state index is 0.177. The molecule has 0 aliphatic rings. The van der Waals surface area contributed by atoms with Crippen LogP contribution in [0.1, 0.15) is 18.1 Å². The standard InChI is InChI=1S/C21H25N5O3S/c1-5-29-21(27)25-30(4,28)19-8-6-7-16(11-19)14-23-18-10-9-17(13-22)20(12-18)24-15-26(2)3/h6-12,15,23H,4-5,14H2,1-3H3,(H,25,27,28). The van der Waals surface area contributed by atoms with Crippen LogP contribution in [-0.2, 0) is 21.0 Å². The molecule has 0 aliphatic carbocycles. The number of nitriles is 1. The minimum atomic E-state index is -3.03. The van der Waals surface area contributed by atoms with Gasteiger partial charge in [-0.25, -0.2) is 18.7 Å². The van der Waals surface area contributed by atoms with Gasteiger partial charge in [-0.1, -0.05) is 12.1 Å². The number of nitrogens with zero attached hydrogens (tertiary/aromatic N) is 3. The third kappa shape index (κ3) is 6.53. The molecule has 0 aliphatic heterocycles. The predicted molar refractivity (Wildman–Crippen MR) is 120 cm³/mol. The van der Waals surface area contributed by atoms with Gasteiger partial charge in [-0.05, 0) is 48.7 Å². The lowest BCUT2D eigenvalue weighted by molar-refractivity contribution is 0.159. The number of amides is 1. The third-order valence-corrected chi connectivity index (χ3v) is 5.36. The van der Waals surface area contributed by atoms with E-state index in [9.17, 15) is 14.3 Å². The van der Waals surface area contributed by atoms with Crippen molar-refractivity contribution in [2.45, 2.75) is 18.4 Å². The summed E-state index contributed by atoms with van der Waals surface area (Å²) in [5.41, 5.74) is 2.66. The summed E-state index contributed by atoms with van der Waals surface area (Å²) >= 11 is 0. The molecule has 1 atom stereocenters. The molecule has 0 saturated carbocycles. The molecule has 8 nitrogen and oxygen atoms in total. The number of hydrogen-bond donors (Lipinski definition) is 2. The number of carbonyl (C=O) groups excluding carboxylic acids is 1. The fourth-order valence-electron chi connectivity index (χ4n) is 2.44. The van der Waals surface area contributed by atoms with Crippen LogP contribution in [0.5, 0.6) is 0 Å². The van der Waals surface area contributed by atoms with Crippen molar-refractivity contribution in [1.82, 2.24) is 9.62 Å². The van der Waals surface area contributed by atoms with Crippen molar-refractivity contribution in [2.75, 3.05) is 26.0 Å². The monoisotopic (exact) mass is 427 g/mol. The van der Waals surface area contributed by atoms with E-state index in [1.165, 1.54) is 0 Å². The van der Waals surface area contributed by atoms with Gasteiger partial charge in [0, 0.05) is 31.2 Å². The van der Waals surface area contributed by atoms with Crippen molar-refractivity contribution < 1.29 is 13.7 Å². The maximum atomic E-state index is 12.7. The first-order valence-corrected chi connectivity index (χ1v) is 10.9. The number of benzene rings is 2. The van der Waals surface area contributed by atoms with Gasteiger partial charge in [-0.2, -0.15) is 5.26 Å². The largest absolute Gasteiger partial charge is 0.449 e. The van der Waals surface area contributed by atoms with E-state index in [2.05, 4.69) is 27.0 Å². The van der Waals surface area contributed by atoms with E-state index in [-0.39, 0.29) is 6.61 Å². The Morgan fingerprint density at radius 1 is 1.33 bits per heavy atom. The Labute approximate surface area is 177 Å². The fraction of sp³-hybridized carbons (Fsp3) is 0.238. The van der Waals surface area contributed by atoms with Gasteiger partial charge in [-0.15, -0.1) is 0 Å². The lowest BCUT2D eigenvalue weighted by atomic mass is 10.1. The van der Waals surface area contributed by atoms with Crippen LogP contribution >= 0.6 is 0 Å². The molecular formula is C21H25N5O3S. The molecule has 0 saturated heterocycles. The van der Waals surface area contributed by atoms with Gasteiger partial charge in [0.25, 0.3) is 0 Å². The Morgan fingerprint density at radius 3 is 2.77 bits per heavy atom. The molecule has 30 heavy (non-hydrogen) atoms. The number of carbonyl (C=O) groups is 1. The molecule has 2 aromatic rings. The average Bonchev–Trinajstić information content (AvgIpc) is 2.70. The molecule has 0 spiro atoms. The summed E-state index contributed by atoms with van der Waals surface area (Å²) in [6.45, 7) is 2.28. The molecular weight excluding hydrogens is 402 g/mol. The zero-order valence-corrected chi connectivity index (χ0v) is 18.0. The van der Waals surface area contributed by atoms with Gasteiger partial charge >= 0.3 is 6.09 Å². The van der Waals surface area contributed by atoms with Crippen molar-refractivity contribution in [1.29, 1.82) is 5.26 Å². The SMILES string of the molecule is C=S(=O)(NC(=O)OCC)c1cccc(CNc2ccc(C#N)c(N=CN(C)C)c2)c1. The van der Waals surface area contributed by atoms with Crippen LogP contribution in [-0.4, -0.2) is 48.1 Å². The number of nitrogens with one attached hydrogen (secondary N) is 2. The van der Waals surface area contributed by atoms with E-state index in [1.54, 1.807) is 54.6 Å². The van der Waals surface area contributed by atoms with Gasteiger partial charge in [0.1, 0.15) is 6.07 Å². The van der Waals surface area contributed by atoms with Crippen LogP contribution in [0.4, 0.5) is 16.2 Å². The molecule has 158 valence electrons. The zero-order chi connectivity index (χ0) is 22.1.